The number of non-ortho nitro benzene ring substituents is 1. The highest BCUT2D eigenvalue weighted by molar-refractivity contribution is 5.66. The standard InChI is InChI=1S/C11H11N3O4/c12-7-8-6-9(14(17)18)3-4-10(8)13-5-1-2-11(15)16/h3-4,6,13H,1-2,5H2,(H,15,16). The van der Waals surface area contributed by atoms with Gasteiger partial charge in [-0.2, -0.15) is 5.26 Å². The Balaban J connectivity index is 2.69. The highest BCUT2D eigenvalue weighted by atomic mass is 16.6. The van der Waals surface area contributed by atoms with Crippen LogP contribution < -0.4 is 5.32 Å². The molecule has 0 aromatic heterocycles. The van der Waals surface area contributed by atoms with Crippen LogP contribution in [0.3, 0.4) is 0 Å². The van der Waals surface area contributed by atoms with E-state index in [1.54, 1.807) is 0 Å². The number of hydrogen-bond donors (Lipinski definition) is 2. The molecular formula is C11H11N3O4. The number of nitro benzene ring substituents is 1. The first-order valence-electron chi connectivity index (χ1n) is 5.19. The number of nitrogens with one attached hydrogen (secondary N) is 1. The van der Waals surface area contributed by atoms with Crippen LogP contribution >= 0.6 is 0 Å². The second-order valence-electron chi connectivity index (χ2n) is 3.52. The molecule has 0 heterocycles. The summed E-state index contributed by atoms with van der Waals surface area (Å²) in [6, 6.07) is 5.77. The smallest absolute Gasteiger partial charge is 0.303 e. The summed E-state index contributed by atoms with van der Waals surface area (Å²) < 4.78 is 0. The van der Waals surface area contributed by atoms with Gasteiger partial charge in [-0.15, -0.1) is 0 Å². The van der Waals surface area contributed by atoms with Crippen molar-refractivity contribution >= 4 is 17.3 Å². The molecule has 0 fully saturated rings. The second-order valence-corrected chi connectivity index (χ2v) is 3.52. The molecule has 18 heavy (non-hydrogen) atoms. The number of nitrogens with zero attached hydrogens (tertiary/aromatic N) is 2. The zero-order chi connectivity index (χ0) is 13.5. The number of carbonyl (C=O) groups is 1. The van der Waals surface area contributed by atoms with Crippen molar-refractivity contribution in [2.45, 2.75) is 12.8 Å². The Labute approximate surface area is 103 Å². The van der Waals surface area contributed by atoms with Gasteiger partial charge in [0.15, 0.2) is 0 Å². The van der Waals surface area contributed by atoms with Gasteiger partial charge in [0.25, 0.3) is 5.69 Å². The highest BCUT2D eigenvalue weighted by Gasteiger charge is 2.10. The maximum absolute atomic E-state index is 10.5. The van der Waals surface area contributed by atoms with E-state index in [4.69, 9.17) is 10.4 Å². The Kier molecular flexibility index (Phi) is 4.63. The normalized spacial score (nSPS) is 9.50. The zero-order valence-corrected chi connectivity index (χ0v) is 9.42. The summed E-state index contributed by atoms with van der Waals surface area (Å²) in [6.07, 6.45) is 0.444. The number of anilines is 1. The Morgan fingerprint density at radius 1 is 1.56 bits per heavy atom. The van der Waals surface area contributed by atoms with Crippen LogP contribution in [-0.4, -0.2) is 22.5 Å². The van der Waals surface area contributed by atoms with Crippen LogP contribution in [0, 0.1) is 21.4 Å². The van der Waals surface area contributed by atoms with E-state index in [0.717, 1.165) is 0 Å². The Hall–Kier alpha value is -2.62. The van der Waals surface area contributed by atoms with Gasteiger partial charge in [-0.1, -0.05) is 0 Å². The van der Waals surface area contributed by atoms with Crippen molar-refractivity contribution in [2.24, 2.45) is 0 Å². The van der Waals surface area contributed by atoms with Crippen LogP contribution in [0.4, 0.5) is 11.4 Å². The van der Waals surface area contributed by atoms with Gasteiger partial charge < -0.3 is 10.4 Å². The maximum atomic E-state index is 10.5. The molecule has 0 bridgehead atoms. The summed E-state index contributed by atoms with van der Waals surface area (Å²) >= 11 is 0. The third kappa shape index (κ3) is 3.75. The number of carboxylic acids is 1. The van der Waals surface area contributed by atoms with E-state index in [9.17, 15) is 14.9 Å². The third-order valence-electron chi connectivity index (χ3n) is 2.22. The minimum Gasteiger partial charge on any atom is -0.481 e. The molecule has 0 unspecified atom stereocenters. The van der Waals surface area contributed by atoms with E-state index in [2.05, 4.69) is 5.32 Å². The molecule has 0 atom stereocenters. The van der Waals surface area contributed by atoms with E-state index in [1.165, 1.54) is 18.2 Å². The van der Waals surface area contributed by atoms with Crippen LogP contribution in [0.25, 0.3) is 0 Å². The van der Waals surface area contributed by atoms with Crippen molar-refractivity contribution in [3.63, 3.8) is 0 Å². The van der Waals surface area contributed by atoms with E-state index < -0.39 is 10.9 Å². The lowest BCUT2D eigenvalue weighted by atomic mass is 10.1. The number of nitro groups is 1. The Morgan fingerprint density at radius 3 is 2.83 bits per heavy atom. The monoisotopic (exact) mass is 249 g/mol. The summed E-state index contributed by atoms with van der Waals surface area (Å²) in [5.74, 6) is -0.888. The van der Waals surface area contributed by atoms with Crippen LogP contribution in [0.5, 0.6) is 0 Å². The number of aliphatic carboxylic acids is 1. The van der Waals surface area contributed by atoms with Crippen molar-refractivity contribution in [1.29, 1.82) is 5.26 Å². The van der Waals surface area contributed by atoms with Gasteiger partial charge in [0, 0.05) is 25.1 Å². The van der Waals surface area contributed by atoms with Gasteiger partial charge in [-0.25, -0.2) is 0 Å². The van der Waals surface area contributed by atoms with Crippen LogP contribution in [0.2, 0.25) is 0 Å². The molecule has 0 aliphatic rings. The second kappa shape index (κ2) is 6.20. The number of nitriles is 1. The van der Waals surface area contributed by atoms with Crippen molar-refractivity contribution in [3.05, 3.63) is 33.9 Å². The molecule has 1 rings (SSSR count). The summed E-state index contributed by atoms with van der Waals surface area (Å²) in [6.45, 7) is 0.388. The SMILES string of the molecule is N#Cc1cc([N+](=O)[O-])ccc1NCCCC(=O)O. The van der Waals surface area contributed by atoms with Gasteiger partial charge in [0.05, 0.1) is 16.2 Å². The van der Waals surface area contributed by atoms with Crippen LogP contribution in [-0.2, 0) is 4.79 Å². The van der Waals surface area contributed by atoms with Crippen molar-refractivity contribution < 1.29 is 14.8 Å². The van der Waals surface area contributed by atoms with E-state index >= 15 is 0 Å². The zero-order valence-electron chi connectivity index (χ0n) is 9.42. The molecule has 0 aliphatic heterocycles. The predicted octanol–water partition coefficient (Wildman–Crippen LogP) is 1.74. The van der Waals surface area contributed by atoms with Crippen molar-refractivity contribution in [2.75, 3.05) is 11.9 Å². The first-order chi connectivity index (χ1) is 8.54. The molecule has 7 nitrogen and oxygen atoms in total. The average Bonchev–Trinajstić information content (AvgIpc) is 2.34. The van der Waals surface area contributed by atoms with E-state index in [1.807, 2.05) is 6.07 Å². The predicted molar refractivity (Wildman–Crippen MR) is 63.2 cm³/mol. The third-order valence-corrected chi connectivity index (χ3v) is 2.22. The maximum Gasteiger partial charge on any atom is 0.303 e. The molecule has 0 saturated carbocycles. The molecule has 94 valence electrons. The van der Waals surface area contributed by atoms with Crippen molar-refractivity contribution in [1.82, 2.24) is 0 Å². The van der Waals surface area contributed by atoms with E-state index in [-0.39, 0.29) is 17.7 Å². The lowest BCUT2D eigenvalue weighted by Gasteiger charge is -2.06. The average molecular weight is 249 g/mol. The largest absolute Gasteiger partial charge is 0.481 e. The van der Waals surface area contributed by atoms with E-state index in [0.29, 0.717) is 18.7 Å². The summed E-state index contributed by atoms with van der Waals surface area (Å²) in [5, 5.41) is 30.7. The lowest BCUT2D eigenvalue weighted by molar-refractivity contribution is -0.384. The Morgan fingerprint density at radius 2 is 2.28 bits per heavy atom. The molecule has 7 heteroatoms. The van der Waals surface area contributed by atoms with Crippen molar-refractivity contribution in [3.8, 4) is 6.07 Å². The summed E-state index contributed by atoms with van der Waals surface area (Å²) in [5.41, 5.74) is 0.482. The topological polar surface area (TPSA) is 116 Å². The highest BCUT2D eigenvalue weighted by Crippen LogP contribution is 2.21. The number of hydrogen-bond acceptors (Lipinski definition) is 5. The molecule has 0 aliphatic carbocycles. The van der Waals surface area contributed by atoms with Crippen LogP contribution in [0.1, 0.15) is 18.4 Å². The fourth-order valence-electron chi connectivity index (χ4n) is 1.36. The van der Waals surface area contributed by atoms with Gasteiger partial charge in [0.2, 0.25) is 0 Å². The number of benzene rings is 1. The molecule has 1 aromatic rings. The first kappa shape index (κ1) is 13.4. The molecule has 0 saturated heterocycles. The minimum absolute atomic E-state index is 0.0296. The fraction of sp³-hybridized carbons (Fsp3) is 0.273. The molecule has 0 amide bonds. The molecule has 2 N–H and O–H groups in total. The van der Waals surface area contributed by atoms with Gasteiger partial charge in [-0.05, 0) is 12.5 Å². The van der Waals surface area contributed by atoms with Gasteiger partial charge in [0.1, 0.15) is 6.07 Å². The van der Waals surface area contributed by atoms with Crippen LogP contribution in [0.15, 0.2) is 18.2 Å². The molecular weight excluding hydrogens is 238 g/mol. The van der Waals surface area contributed by atoms with Gasteiger partial charge in [-0.3, -0.25) is 14.9 Å². The molecule has 0 spiro atoms. The van der Waals surface area contributed by atoms with Gasteiger partial charge >= 0.3 is 5.97 Å². The number of rotatable bonds is 6. The first-order valence-corrected chi connectivity index (χ1v) is 5.19. The number of carboxylic acid groups (broad SMARTS) is 1. The lowest BCUT2D eigenvalue weighted by Crippen LogP contribution is -2.06. The summed E-state index contributed by atoms with van der Waals surface area (Å²) in [7, 11) is 0. The molecule has 1 aromatic carbocycles. The minimum atomic E-state index is -0.888. The fourth-order valence-corrected chi connectivity index (χ4v) is 1.36. The molecule has 0 radical (unpaired) electrons. The quantitative estimate of drug-likeness (QED) is 0.450. The Bertz CT molecular complexity index is 508. The summed E-state index contributed by atoms with van der Waals surface area (Å²) in [4.78, 5) is 20.3.